The molecule has 1 heterocycles. The molecule has 3 nitrogen and oxygen atoms in total. The summed E-state index contributed by atoms with van der Waals surface area (Å²) in [6.45, 7) is 4.70. The molecule has 0 atom stereocenters. The zero-order chi connectivity index (χ0) is 14.9. The Morgan fingerprint density at radius 2 is 1.95 bits per heavy atom. The van der Waals surface area contributed by atoms with Gasteiger partial charge in [-0.2, -0.15) is 0 Å². The van der Waals surface area contributed by atoms with Crippen LogP contribution in [0.3, 0.4) is 0 Å². The number of hydrogen-bond donors (Lipinski definition) is 1. The van der Waals surface area contributed by atoms with E-state index in [-0.39, 0.29) is 0 Å². The Bertz CT molecular complexity index is 410. The monoisotopic (exact) mass is 288 g/mol. The number of piperidine rings is 1. The topological polar surface area (TPSA) is 26.7 Å². The Morgan fingerprint density at radius 3 is 2.62 bits per heavy atom. The van der Waals surface area contributed by atoms with E-state index in [9.17, 15) is 0 Å². The third kappa shape index (κ3) is 5.62. The Hall–Kier alpha value is -1.16. The molecule has 1 aliphatic rings. The lowest BCUT2D eigenvalue weighted by molar-refractivity contribution is 0.128. The molecule has 1 fully saturated rings. The van der Waals surface area contributed by atoms with Crippen LogP contribution in [0.15, 0.2) is 36.4 Å². The molecular formula is C18H28N2O. The summed E-state index contributed by atoms with van der Waals surface area (Å²) in [4.78, 5) is 4.93. The Labute approximate surface area is 128 Å². The van der Waals surface area contributed by atoms with Crippen molar-refractivity contribution in [2.24, 2.45) is 0 Å². The highest BCUT2D eigenvalue weighted by Crippen LogP contribution is 2.15. The number of likely N-dealkylation sites (tertiary alicyclic amines) is 1. The first-order valence-electron chi connectivity index (χ1n) is 8.04. The number of aliphatic hydroxyl groups excluding tert-OH is 1. The van der Waals surface area contributed by atoms with Crippen LogP contribution < -0.4 is 0 Å². The van der Waals surface area contributed by atoms with Gasteiger partial charge in [-0.1, -0.05) is 42.5 Å². The summed E-state index contributed by atoms with van der Waals surface area (Å²) < 4.78 is 0. The predicted octanol–water partition coefficient (Wildman–Crippen LogP) is 2.48. The molecule has 1 aliphatic heterocycles. The van der Waals surface area contributed by atoms with Crippen molar-refractivity contribution in [2.45, 2.75) is 25.3 Å². The number of nitrogens with zero attached hydrogens (tertiary/aromatic N) is 2. The zero-order valence-electron chi connectivity index (χ0n) is 13.1. The second-order valence-corrected chi connectivity index (χ2v) is 5.90. The molecule has 1 N–H and O–H groups in total. The van der Waals surface area contributed by atoms with Crippen molar-refractivity contribution < 1.29 is 5.11 Å². The molecule has 0 radical (unpaired) electrons. The van der Waals surface area contributed by atoms with E-state index in [2.05, 4.69) is 59.3 Å². The van der Waals surface area contributed by atoms with Gasteiger partial charge >= 0.3 is 0 Å². The fraction of sp³-hybridized carbons (Fsp3) is 0.556. The maximum absolute atomic E-state index is 8.90. The van der Waals surface area contributed by atoms with Crippen molar-refractivity contribution in [3.63, 3.8) is 0 Å². The summed E-state index contributed by atoms with van der Waals surface area (Å²) in [5, 5.41) is 8.90. The molecule has 1 aromatic carbocycles. The molecule has 2 rings (SSSR count). The quantitative estimate of drug-likeness (QED) is 0.835. The van der Waals surface area contributed by atoms with Gasteiger partial charge in [-0.3, -0.25) is 4.90 Å². The van der Waals surface area contributed by atoms with Crippen LogP contribution in [-0.2, 0) is 0 Å². The van der Waals surface area contributed by atoms with E-state index < -0.39 is 0 Å². The van der Waals surface area contributed by atoms with E-state index >= 15 is 0 Å². The van der Waals surface area contributed by atoms with Crippen molar-refractivity contribution in [2.75, 3.05) is 39.8 Å². The van der Waals surface area contributed by atoms with Crippen LogP contribution in [0, 0.1) is 0 Å². The summed E-state index contributed by atoms with van der Waals surface area (Å²) in [5.74, 6) is 0. The SMILES string of the molecule is CN(CCCO)C1CCN(C/C=C/c2ccccc2)CC1. The molecule has 116 valence electrons. The van der Waals surface area contributed by atoms with E-state index in [1.165, 1.54) is 31.5 Å². The lowest BCUT2D eigenvalue weighted by atomic mass is 10.0. The molecule has 0 amide bonds. The minimum Gasteiger partial charge on any atom is -0.396 e. The highest BCUT2D eigenvalue weighted by molar-refractivity contribution is 5.48. The van der Waals surface area contributed by atoms with Crippen molar-refractivity contribution in [1.29, 1.82) is 0 Å². The van der Waals surface area contributed by atoms with Gasteiger partial charge in [0.05, 0.1) is 0 Å². The van der Waals surface area contributed by atoms with Crippen LogP contribution in [0.5, 0.6) is 0 Å². The summed E-state index contributed by atoms with van der Waals surface area (Å²) in [7, 11) is 2.19. The van der Waals surface area contributed by atoms with Gasteiger partial charge in [0.25, 0.3) is 0 Å². The second kappa shape index (κ2) is 8.98. The van der Waals surface area contributed by atoms with Gasteiger partial charge < -0.3 is 10.0 Å². The third-order valence-electron chi connectivity index (χ3n) is 4.32. The summed E-state index contributed by atoms with van der Waals surface area (Å²) >= 11 is 0. The fourth-order valence-electron chi connectivity index (χ4n) is 2.95. The van der Waals surface area contributed by atoms with Gasteiger partial charge in [-0.25, -0.2) is 0 Å². The number of hydrogen-bond acceptors (Lipinski definition) is 3. The van der Waals surface area contributed by atoms with Crippen molar-refractivity contribution >= 4 is 6.08 Å². The minimum atomic E-state index is 0.299. The average Bonchev–Trinajstić information content (AvgIpc) is 2.54. The molecule has 0 unspecified atom stereocenters. The molecule has 0 aromatic heterocycles. The molecular weight excluding hydrogens is 260 g/mol. The van der Waals surface area contributed by atoms with Gasteiger partial charge in [0.1, 0.15) is 0 Å². The van der Waals surface area contributed by atoms with Crippen LogP contribution in [0.1, 0.15) is 24.8 Å². The standard InChI is InChI=1S/C18H28N2O/c1-19(12-6-16-21)18-10-14-20(15-11-18)13-5-9-17-7-3-2-4-8-17/h2-5,7-9,18,21H,6,10-16H2,1H3/b9-5+. The van der Waals surface area contributed by atoms with Gasteiger partial charge in [0.2, 0.25) is 0 Å². The maximum Gasteiger partial charge on any atom is 0.0443 e. The van der Waals surface area contributed by atoms with Crippen molar-refractivity contribution in [3.05, 3.63) is 42.0 Å². The van der Waals surface area contributed by atoms with E-state index in [0.717, 1.165) is 19.5 Å². The maximum atomic E-state index is 8.90. The normalized spacial score (nSPS) is 17.9. The highest BCUT2D eigenvalue weighted by Gasteiger charge is 2.21. The summed E-state index contributed by atoms with van der Waals surface area (Å²) in [6.07, 6.45) is 7.84. The molecule has 21 heavy (non-hydrogen) atoms. The second-order valence-electron chi connectivity index (χ2n) is 5.90. The molecule has 0 spiro atoms. The van der Waals surface area contributed by atoms with Crippen molar-refractivity contribution in [3.8, 4) is 0 Å². The number of aliphatic hydroxyl groups is 1. The molecule has 1 saturated heterocycles. The fourth-order valence-corrected chi connectivity index (χ4v) is 2.95. The first-order valence-corrected chi connectivity index (χ1v) is 8.04. The van der Waals surface area contributed by atoms with E-state index in [4.69, 9.17) is 5.11 Å². The van der Waals surface area contributed by atoms with Crippen LogP contribution in [0.2, 0.25) is 0 Å². The van der Waals surface area contributed by atoms with Gasteiger partial charge in [0, 0.05) is 25.7 Å². The Morgan fingerprint density at radius 1 is 1.24 bits per heavy atom. The average molecular weight is 288 g/mol. The molecule has 3 heteroatoms. The van der Waals surface area contributed by atoms with Crippen molar-refractivity contribution in [1.82, 2.24) is 9.80 Å². The smallest absolute Gasteiger partial charge is 0.0443 e. The highest BCUT2D eigenvalue weighted by atomic mass is 16.3. The molecule has 0 aliphatic carbocycles. The Balaban J connectivity index is 1.68. The van der Waals surface area contributed by atoms with Gasteiger partial charge in [-0.15, -0.1) is 0 Å². The third-order valence-corrected chi connectivity index (χ3v) is 4.32. The number of rotatable bonds is 7. The van der Waals surface area contributed by atoms with Gasteiger partial charge in [0.15, 0.2) is 0 Å². The van der Waals surface area contributed by atoms with Crippen LogP contribution in [0.25, 0.3) is 6.08 Å². The van der Waals surface area contributed by atoms with Crippen LogP contribution >= 0.6 is 0 Å². The first kappa shape index (κ1) is 16.2. The van der Waals surface area contributed by atoms with Gasteiger partial charge in [-0.05, 0) is 45.0 Å². The largest absolute Gasteiger partial charge is 0.396 e. The Kier molecular flexibility index (Phi) is 6.93. The number of benzene rings is 1. The van der Waals surface area contributed by atoms with Crippen LogP contribution in [-0.4, -0.2) is 60.8 Å². The molecule has 0 bridgehead atoms. The summed E-state index contributed by atoms with van der Waals surface area (Å²) in [5.41, 5.74) is 1.27. The minimum absolute atomic E-state index is 0.299. The predicted molar refractivity (Wildman–Crippen MR) is 89.3 cm³/mol. The lowest BCUT2D eigenvalue weighted by Gasteiger charge is -2.36. The van der Waals surface area contributed by atoms with E-state index in [1.54, 1.807) is 0 Å². The summed E-state index contributed by atoms with van der Waals surface area (Å²) in [6, 6.07) is 11.2. The lowest BCUT2D eigenvalue weighted by Crippen LogP contribution is -2.43. The van der Waals surface area contributed by atoms with Crippen LogP contribution in [0.4, 0.5) is 0 Å². The molecule has 1 aromatic rings. The zero-order valence-corrected chi connectivity index (χ0v) is 13.1. The first-order chi connectivity index (χ1) is 10.3. The van der Waals surface area contributed by atoms with E-state index in [0.29, 0.717) is 12.6 Å². The van der Waals surface area contributed by atoms with E-state index in [1.807, 2.05) is 0 Å². The molecule has 0 saturated carbocycles.